The first-order chi connectivity index (χ1) is 10.1. The van der Waals surface area contributed by atoms with Crippen LogP contribution in [0.3, 0.4) is 0 Å². The lowest BCUT2D eigenvalue weighted by Crippen LogP contribution is -2.38. The minimum atomic E-state index is -0.722. The molecule has 0 fully saturated rings. The highest BCUT2D eigenvalue weighted by molar-refractivity contribution is 5.98. The van der Waals surface area contributed by atoms with Gasteiger partial charge in [0, 0.05) is 11.9 Å². The molecule has 0 aliphatic carbocycles. The normalized spacial score (nSPS) is 10.3. The van der Waals surface area contributed by atoms with Crippen molar-refractivity contribution < 1.29 is 14.0 Å². The average Bonchev–Trinajstić information content (AvgIpc) is 2.49. The van der Waals surface area contributed by atoms with Crippen molar-refractivity contribution in [3.8, 4) is 0 Å². The minimum Gasteiger partial charge on any atom is -0.422 e. The molecule has 0 unspecified atom stereocenters. The van der Waals surface area contributed by atoms with Crippen LogP contribution < -0.4 is 16.3 Å². The van der Waals surface area contributed by atoms with E-state index >= 15 is 0 Å². The van der Waals surface area contributed by atoms with Gasteiger partial charge < -0.3 is 15.1 Å². The topological polar surface area (TPSA) is 88.4 Å². The second-order valence-electron chi connectivity index (χ2n) is 4.52. The number of carbonyl (C=O) groups is 2. The Morgan fingerprint density at radius 3 is 2.71 bits per heavy atom. The van der Waals surface area contributed by atoms with E-state index in [1.165, 1.54) is 6.07 Å². The van der Waals surface area contributed by atoms with Gasteiger partial charge in [-0.15, -0.1) is 0 Å². The fourth-order valence-electron chi connectivity index (χ4n) is 1.80. The minimum absolute atomic E-state index is 0.114. The van der Waals surface area contributed by atoms with E-state index in [1.54, 1.807) is 24.3 Å². The second kappa shape index (κ2) is 6.69. The van der Waals surface area contributed by atoms with Crippen LogP contribution in [0.2, 0.25) is 0 Å². The van der Waals surface area contributed by atoms with Crippen LogP contribution in [0.15, 0.2) is 39.5 Å². The van der Waals surface area contributed by atoms with E-state index in [1.807, 2.05) is 6.92 Å². The maximum atomic E-state index is 11.9. The summed E-state index contributed by atoms with van der Waals surface area (Å²) in [5.41, 5.74) is -0.420. The summed E-state index contributed by atoms with van der Waals surface area (Å²) in [7, 11) is 0. The molecule has 0 saturated heterocycles. The van der Waals surface area contributed by atoms with E-state index in [-0.39, 0.29) is 18.0 Å². The van der Waals surface area contributed by atoms with Gasteiger partial charge >= 0.3 is 5.63 Å². The van der Waals surface area contributed by atoms with Gasteiger partial charge in [-0.2, -0.15) is 0 Å². The average molecular weight is 288 g/mol. The van der Waals surface area contributed by atoms with Gasteiger partial charge in [0.1, 0.15) is 11.1 Å². The Kier molecular flexibility index (Phi) is 4.71. The number of para-hydroxylation sites is 1. The van der Waals surface area contributed by atoms with Crippen LogP contribution in [0.4, 0.5) is 0 Å². The molecule has 0 aliphatic heterocycles. The third kappa shape index (κ3) is 3.68. The Morgan fingerprint density at radius 2 is 1.95 bits per heavy atom. The van der Waals surface area contributed by atoms with Crippen molar-refractivity contribution in [1.29, 1.82) is 0 Å². The van der Waals surface area contributed by atoms with Crippen LogP contribution in [0.5, 0.6) is 0 Å². The number of rotatable bonds is 5. The van der Waals surface area contributed by atoms with Crippen molar-refractivity contribution in [2.45, 2.75) is 13.3 Å². The van der Waals surface area contributed by atoms with Gasteiger partial charge in [0.25, 0.3) is 5.91 Å². The maximum absolute atomic E-state index is 11.9. The predicted molar refractivity (Wildman–Crippen MR) is 78.1 cm³/mol. The monoisotopic (exact) mass is 288 g/mol. The van der Waals surface area contributed by atoms with Crippen molar-refractivity contribution >= 4 is 22.8 Å². The highest BCUT2D eigenvalue weighted by Gasteiger charge is 2.14. The molecule has 0 atom stereocenters. The van der Waals surface area contributed by atoms with E-state index in [4.69, 9.17) is 4.42 Å². The summed E-state index contributed by atoms with van der Waals surface area (Å²) in [6, 6.07) is 8.37. The standard InChI is InChI=1S/C15H16N2O4/c1-2-7-16-13(18)9-17-14(19)11-8-10-5-3-4-6-12(10)21-15(11)20/h3-6,8H,2,7,9H2,1H3,(H,16,18)(H,17,19). The summed E-state index contributed by atoms with van der Waals surface area (Å²) < 4.78 is 5.07. The zero-order chi connectivity index (χ0) is 15.2. The lowest BCUT2D eigenvalue weighted by Gasteiger charge is -2.06. The van der Waals surface area contributed by atoms with Gasteiger partial charge in [0.2, 0.25) is 5.91 Å². The van der Waals surface area contributed by atoms with E-state index in [9.17, 15) is 14.4 Å². The summed E-state index contributed by atoms with van der Waals surface area (Å²) in [6.45, 7) is 2.30. The zero-order valence-corrected chi connectivity index (χ0v) is 11.6. The summed E-state index contributed by atoms with van der Waals surface area (Å²) in [5.74, 6) is -0.920. The zero-order valence-electron chi connectivity index (χ0n) is 11.6. The van der Waals surface area contributed by atoms with E-state index in [0.29, 0.717) is 17.5 Å². The molecule has 2 amide bonds. The van der Waals surface area contributed by atoms with Gasteiger partial charge in [0.15, 0.2) is 0 Å². The SMILES string of the molecule is CCCNC(=O)CNC(=O)c1cc2ccccc2oc1=O. The second-order valence-corrected chi connectivity index (χ2v) is 4.52. The molecule has 6 heteroatoms. The number of hydrogen-bond acceptors (Lipinski definition) is 4. The van der Waals surface area contributed by atoms with Crippen molar-refractivity contribution in [1.82, 2.24) is 10.6 Å². The third-order valence-corrected chi connectivity index (χ3v) is 2.87. The van der Waals surface area contributed by atoms with Crippen molar-refractivity contribution in [3.05, 3.63) is 46.3 Å². The maximum Gasteiger partial charge on any atom is 0.349 e. The first kappa shape index (κ1) is 14.8. The first-order valence-corrected chi connectivity index (χ1v) is 6.69. The van der Waals surface area contributed by atoms with Crippen LogP contribution in [0.1, 0.15) is 23.7 Å². The molecular formula is C15H16N2O4. The molecule has 2 rings (SSSR count). The number of fused-ring (bicyclic) bond motifs is 1. The van der Waals surface area contributed by atoms with Crippen LogP contribution >= 0.6 is 0 Å². The largest absolute Gasteiger partial charge is 0.422 e. The van der Waals surface area contributed by atoms with Crippen LogP contribution in [-0.4, -0.2) is 24.9 Å². The quantitative estimate of drug-likeness (QED) is 0.805. The van der Waals surface area contributed by atoms with Gasteiger partial charge in [-0.3, -0.25) is 9.59 Å². The van der Waals surface area contributed by atoms with Crippen LogP contribution in [0, 0.1) is 0 Å². The molecular weight excluding hydrogens is 272 g/mol. The Balaban J connectivity index is 2.10. The van der Waals surface area contributed by atoms with Gasteiger partial charge in [-0.05, 0) is 18.6 Å². The smallest absolute Gasteiger partial charge is 0.349 e. The number of benzene rings is 1. The molecule has 0 radical (unpaired) electrons. The number of amides is 2. The fraction of sp³-hybridized carbons (Fsp3) is 0.267. The number of nitrogens with one attached hydrogen (secondary N) is 2. The Morgan fingerprint density at radius 1 is 1.19 bits per heavy atom. The molecule has 6 nitrogen and oxygen atoms in total. The Bertz CT molecular complexity index is 721. The predicted octanol–water partition coefficient (Wildman–Crippen LogP) is 1.05. The van der Waals surface area contributed by atoms with E-state index < -0.39 is 11.5 Å². The summed E-state index contributed by atoms with van der Waals surface area (Å²) >= 11 is 0. The summed E-state index contributed by atoms with van der Waals surface area (Å²) in [4.78, 5) is 35.1. The molecule has 0 spiro atoms. The molecule has 2 N–H and O–H groups in total. The lowest BCUT2D eigenvalue weighted by molar-refractivity contribution is -0.120. The van der Waals surface area contributed by atoms with Crippen molar-refractivity contribution in [3.63, 3.8) is 0 Å². The molecule has 1 heterocycles. The van der Waals surface area contributed by atoms with Crippen LogP contribution in [-0.2, 0) is 4.79 Å². The van der Waals surface area contributed by atoms with Gasteiger partial charge in [-0.1, -0.05) is 25.1 Å². The van der Waals surface area contributed by atoms with Crippen molar-refractivity contribution in [2.75, 3.05) is 13.1 Å². The van der Waals surface area contributed by atoms with Crippen LogP contribution in [0.25, 0.3) is 11.0 Å². The highest BCUT2D eigenvalue weighted by atomic mass is 16.4. The van der Waals surface area contributed by atoms with Crippen molar-refractivity contribution in [2.24, 2.45) is 0 Å². The number of hydrogen-bond donors (Lipinski definition) is 2. The molecule has 0 aliphatic rings. The highest BCUT2D eigenvalue weighted by Crippen LogP contribution is 2.12. The Labute approximate surface area is 121 Å². The van der Waals surface area contributed by atoms with E-state index in [0.717, 1.165) is 6.42 Å². The molecule has 1 aromatic heterocycles. The molecule has 0 saturated carbocycles. The molecule has 21 heavy (non-hydrogen) atoms. The molecule has 2 aromatic rings. The fourth-order valence-corrected chi connectivity index (χ4v) is 1.80. The molecule has 0 bridgehead atoms. The van der Waals surface area contributed by atoms with E-state index in [2.05, 4.69) is 10.6 Å². The number of carbonyl (C=O) groups excluding carboxylic acids is 2. The summed E-state index contributed by atoms with van der Waals surface area (Å²) in [5, 5.41) is 5.68. The lowest BCUT2D eigenvalue weighted by atomic mass is 10.2. The summed E-state index contributed by atoms with van der Waals surface area (Å²) in [6.07, 6.45) is 0.813. The third-order valence-electron chi connectivity index (χ3n) is 2.87. The molecule has 110 valence electrons. The Hall–Kier alpha value is -2.63. The first-order valence-electron chi connectivity index (χ1n) is 6.69. The van der Waals surface area contributed by atoms with Gasteiger partial charge in [0.05, 0.1) is 6.54 Å². The molecule has 1 aromatic carbocycles. The van der Waals surface area contributed by atoms with Gasteiger partial charge in [-0.25, -0.2) is 4.79 Å².